The highest BCUT2D eigenvalue weighted by Crippen LogP contribution is 2.42. The number of hydrogen-bond donors (Lipinski definition) is 0. The van der Waals surface area contributed by atoms with E-state index in [0.29, 0.717) is 45.3 Å². The van der Waals surface area contributed by atoms with Crippen molar-refractivity contribution in [3.05, 3.63) is 57.2 Å². The van der Waals surface area contributed by atoms with E-state index in [-0.39, 0.29) is 37.5 Å². The molecule has 192 valence electrons. The third-order valence-corrected chi connectivity index (χ3v) is 7.77. The highest BCUT2D eigenvalue weighted by atomic mass is 35.5. The van der Waals surface area contributed by atoms with E-state index in [1.807, 2.05) is 15.9 Å². The molecule has 0 bridgehead atoms. The van der Waals surface area contributed by atoms with Crippen LogP contribution in [0.5, 0.6) is 0 Å². The fourth-order valence-electron chi connectivity index (χ4n) is 4.67. The first kappa shape index (κ1) is 23.8. The van der Waals surface area contributed by atoms with Crippen molar-refractivity contribution in [2.24, 2.45) is 7.05 Å². The monoisotopic (exact) mass is 546 g/mol. The molecule has 0 aromatic carbocycles. The zero-order chi connectivity index (χ0) is 25.9. The lowest BCUT2D eigenvalue weighted by Crippen LogP contribution is -2.43. The van der Waals surface area contributed by atoms with Crippen molar-refractivity contribution in [2.75, 3.05) is 36.0 Å². The summed E-state index contributed by atoms with van der Waals surface area (Å²) in [6, 6.07) is 5.34. The van der Waals surface area contributed by atoms with Crippen molar-refractivity contribution < 1.29 is 13.6 Å². The van der Waals surface area contributed by atoms with Crippen LogP contribution in [0.3, 0.4) is 0 Å². The van der Waals surface area contributed by atoms with Gasteiger partial charge in [0.1, 0.15) is 4.34 Å². The standard InChI is InChI=1S/C23H21ClF2N8O2S/c1-30-22(36)34-5-2-15(11-18(34)29-30)32-8-9-33(21-28-13-17(24)37-21)16-10-14(12-27-19(16)32)20(35)31-6-3-23(25,26)4-7-31/h2,5,10-13H,3-4,6-9H2,1H3. The number of halogens is 3. The molecule has 0 unspecified atom stereocenters. The van der Waals surface area contributed by atoms with Gasteiger partial charge in [-0.25, -0.2) is 28.2 Å². The molecule has 2 aliphatic rings. The van der Waals surface area contributed by atoms with E-state index in [9.17, 15) is 18.4 Å². The van der Waals surface area contributed by atoms with Gasteiger partial charge in [0.05, 0.1) is 17.4 Å². The Bertz CT molecular complexity index is 1570. The lowest BCUT2D eigenvalue weighted by Gasteiger charge is -2.37. The predicted molar refractivity (Wildman–Crippen MR) is 136 cm³/mol. The summed E-state index contributed by atoms with van der Waals surface area (Å²) in [5.41, 5.74) is 1.98. The van der Waals surface area contributed by atoms with Crippen LogP contribution in [0, 0.1) is 0 Å². The summed E-state index contributed by atoms with van der Waals surface area (Å²) in [7, 11) is 1.59. The maximum absolute atomic E-state index is 13.6. The number of carbonyl (C=O) groups is 1. The summed E-state index contributed by atoms with van der Waals surface area (Å²) in [6.07, 6.45) is 4.00. The predicted octanol–water partition coefficient (Wildman–Crippen LogP) is 3.70. The Labute approximate surface area is 218 Å². The third kappa shape index (κ3) is 4.21. The first-order chi connectivity index (χ1) is 17.7. The average Bonchev–Trinajstić information content (AvgIpc) is 3.44. The van der Waals surface area contributed by atoms with Gasteiger partial charge < -0.3 is 14.7 Å². The topological polar surface area (TPSA) is 91.9 Å². The van der Waals surface area contributed by atoms with Gasteiger partial charge >= 0.3 is 5.69 Å². The van der Waals surface area contributed by atoms with Gasteiger partial charge in [0, 0.05) is 70.2 Å². The van der Waals surface area contributed by atoms with Crippen LogP contribution < -0.4 is 15.5 Å². The van der Waals surface area contributed by atoms with Crippen molar-refractivity contribution in [2.45, 2.75) is 18.8 Å². The third-order valence-electron chi connectivity index (χ3n) is 6.63. The van der Waals surface area contributed by atoms with E-state index in [1.54, 1.807) is 31.6 Å². The number of pyridine rings is 2. The number of piperidine rings is 1. The Balaban J connectivity index is 1.40. The number of aryl methyl sites for hydroxylation is 1. The maximum Gasteiger partial charge on any atom is 0.350 e. The normalized spacial score (nSPS) is 17.4. The van der Waals surface area contributed by atoms with E-state index < -0.39 is 5.92 Å². The largest absolute Gasteiger partial charge is 0.350 e. The van der Waals surface area contributed by atoms with Crippen LogP contribution in [0.15, 0.2) is 41.6 Å². The molecule has 0 atom stereocenters. The van der Waals surface area contributed by atoms with Gasteiger partial charge in [-0.05, 0) is 12.1 Å². The Morgan fingerprint density at radius 2 is 1.84 bits per heavy atom. The molecule has 6 heterocycles. The zero-order valence-corrected chi connectivity index (χ0v) is 21.2. The lowest BCUT2D eigenvalue weighted by molar-refractivity contribution is -0.0494. The van der Waals surface area contributed by atoms with Crippen molar-refractivity contribution >= 4 is 56.8 Å². The number of fused-ring (bicyclic) bond motifs is 2. The second-order valence-electron chi connectivity index (χ2n) is 8.98. The van der Waals surface area contributed by atoms with Crippen LogP contribution in [-0.4, -0.2) is 67.1 Å². The van der Waals surface area contributed by atoms with E-state index in [1.165, 1.54) is 31.5 Å². The van der Waals surface area contributed by atoms with Gasteiger partial charge in [-0.3, -0.25) is 9.20 Å². The maximum atomic E-state index is 13.6. The highest BCUT2D eigenvalue weighted by molar-refractivity contribution is 7.19. The Morgan fingerprint density at radius 1 is 1.08 bits per heavy atom. The fraction of sp³-hybridized carbons (Fsp3) is 0.348. The van der Waals surface area contributed by atoms with Gasteiger partial charge in [-0.1, -0.05) is 22.9 Å². The fourth-order valence-corrected chi connectivity index (χ4v) is 5.61. The van der Waals surface area contributed by atoms with Crippen LogP contribution in [0.2, 0.25) is 4.34 Å². The number of hydrogen-bond acceptors (Lipinski definition) is 8. The molecule has 1 fully saturated rings. The van der Waals surface area contributed by atoms with Crippen LogP contribution in [0.25, 0.3) is 5.65 Å². The molecule has 0 aliphatic carbocycles. The SMILES string of the molecule is Cn1nc2cc(N3CCN(c4ncc(Cl)s4)c4cc(C(=O)N5CCC(F)(F)CC5)cnc43)ccn2c1=O. The van der Waals surface area contributed by atoms with Crippen molar-refractivity contribution in [1.29, 1.82) is 0 Å². The van der Waals surface area contributed by atoms with Crippen molar-refractivity contribution in [3.63, 3.8) is 0 Å². The van der Waals surface area contributed by atoms with E-state index in [0.717, 1.165) is 5.69 Å². The Hall–Kier alpha value is -3.58. The number of nitrogens with zero attached hydrogens (tertiary/aromatic N) is 8. The number of anilines is 4. The molecule has 0 spiro atoms. The number of likely N-dealkylation sites (tertiary alicyclic amines) is 1. The van der Waals surface area contributed by atoms with Crippen LogP contribution in [0.1, 0.15) is 23.2 Å². The van der Waals surface area contributed by atoms with Crippen LogP contribution in [0.4, 0.5) is 31.1 Å². The number of rotatable bonds is 3. The van der Waals surface area contributed by atoms with Gasteiger partial charge in [-0.2, -0.15) is 5.10 Å². The van der Waals surface area contributed by atoms with Gasteiger partial charge in [0.2, 0.25) is 0 Å². The van der Waals surface area contributed by atoms with E-state index in [2.05, 4.69) is 15.1 Å². The van der Waals surface area contributed by atoms with Crippen molar-refractivity contribution in [3.8, 4) is 0 Å². The molecule has 10 nitrogen and oxygen atoms in total. The molecule has 1 saturated heterocycles. The summed E-state index contributed by atoms with van der Waals surface area (Å²) >= 11 is 7.46. The smallest absolute Gasteiger partial charge is 0.338 e. The summed E-state index contributed by atoms with van der Waals surface area (Å²) in [4.78, 5) is 39.8. The number of carbonyl (C=O) groups excluding carboxylic acids is 1. The molecule has 6 rings (SSSR count). The second-order valence-corrected chi connectivity index (χ2v) is 10.6. The highest BCUT2D eigenvalue weighted by Gasteiger charge is 2.36. The van der Waals surface area contributed by atoms with Gasteiger partial charge in [0.25, 0.3) is 11.8 Å². The summed E-state index contributed by atoms with van der Waals surface area (Å²) < 4.78 is 30.5. The first-order valence-electron chi connectivity index (χ1n) is 11.6. The average molecular weight is 547 g/mol. The molecule has 0 saturated carbocycles. The van der Waals surface area contributed by atoms with E-state index >= 15 is 0 Å². The first-order valence-corrected chi connectivity index (χ1v) is 12.8. The van der Waals surface area contributed by atoms with Crippen LogP contribution in [-0.2, 0) is 7.05 Å². The molecule has 0 radical (unpaired) electrons. The minimum absolute atomic E-state index is 0.00962. The molecular formula is C23H21ClF2N8O2S. The quantitative estimate of drug-likeness (QED) is 0.387. The number of aromatic nitrogens is 5. The molecule has 4 aromatic rings. The van der Waals surface area contributed by atoms with Gasteiger partial charge in [-0.15, -0.1) is 0 Å². The molecule has 2 aliphatic heterocycles. The molecule has 14 heteroatoms. The zero-order valence-electron chi connectivity index (χ0n) is 19.6. The number of alkyl halides is 2. The minimum Gasteiger partial charge on any atom is -0.338 e. The summed E-state index contributed by atoms with van der Waals surface area (Å²) in [5, 5.41) is 4.93. The molecule has 1 amide bonds. The molecule has 4 aromatic heterocycles. The Kier molecular flexibility index (Phi) is 5.64. The lowest BCUT2D eigenvalue weighted by atomic mass is 10.1. The van der Waals surface area contributed by atoms with E-state index in [4.69, 9.17) is 11.6 Å². The molecular weight excluding hydrogens is 526 g/mol. The second kappa shape index (κ2) is 8.77. The van der Waals surface area contributed by atoms with Gasteiger partial charge in [0.15, 0.2) is 16.6 Å². The number of thiazole rings is 1. The molecule has 37 heavy (non-hydrogen) atoms. The summed E-state index contributed by atoms with van der Waals surface area (Å²) in [6.45, 7) is 1.04. The number of amides is 1. The van der Waals surface area contributed by atoms with Crippen LogP contribution >= 0.6 is 22.9 Å². The van der Waals surface area contributed by atoms with Crippen molar-refractivity contribution in [1.82, 2.24) is 29.0 Å². The molecule has 0 N–H and O–H groups in total. The minimum atomic E-state index is -2.74. The summed E-state index contributed by atoms with van der Waals surface area (Å²) in [5.74, 6) is -2.50. The Morgan fingerprint density at radius 3 is 2.57 bits per heavy atom.